The highest BCUT2D eigenvalue weighted by molar-refractivity contribution is 5.99. The van der Waals surface area contributed by atoms with Gasteiger partial charge in [0.1, 0.15) is 5.82 Å². The summed E-state index contributed by atoms with van der Waals surface area (Å²) in [4.78, 5) is 16.3. The summed E-state index contributed by atoms with van der Waals surface area (Å²) in [6.45, 7) is 0.578. The fourth-order valence-corrected chi connectivity index (χ4v) is 2.57. The molecule has 2 aromatic carbocycles. The number of urea groups is 1. The van der Waals surface area contributed by atoms with Gasteiger partial charge in [0.2, 0.25) is 0 Å². The van der Waals surface area contributed by atoms with E-state index in [1.165, 1.54) is 0 Å². The Morgan fingerprint density at radius 2 is 1.64 bits per heavy atom. The van der Waals surface area contributed by atoms with Crippen LogP contribution in [0.5, 0.6) is 11.5 Å². The normalized spacial score (nSPS) is 10.1. The second-order valence-electron chi connectivity index (χ2n) is 5.92. The maximum atomic E-state index is 12.0. The Hall–Kier alpha value is -3.74. The number of nitrogens with zero attached hydrogens (tertiary/aromatic N) is 1. The smallest absolute Gasteiger partial charge is 0.323 e. The molecule has 0 spiro atoms. The van der Waals surface area contributed by atoms with Crippen molar-refractivity contribution in [2.24, 2.45) is 0 Å². The highest BCUT2D eigenvalue weighted by Crippen LogP contribution is 2.27. The summed E-state index contributed by atoms with van der Waals surface area (Å²) in [5.41, 5.74) is 2.36. The molecule has 0 aliphatic heterocycles. The van der Waals surface area contributed by atoms with Crippen LogP contribution in [0.25, 0.3) is 0 Å². The Bertz CT molecular complexity index is 915. The Kier molecular flexibility index (Phi) is 6.30. The first-order valence-electron chi connectivity index (χ1n) is 8.72. The quantitative estimate of drug-likeness (QED) is 0.569. The second-order valence-corrected chi connectivity index (χ2v) is 5.92. The molecule has 0 saturated heterocycles. The van der Waals surface area contributed by atoms with Crippen molar-refractivity contribution in [1.29, 1.82) is 0 Å². The molecule has 28 heavy (non-hydrogen) atoms. The van der Waals surface area contributed by atoms with Crippen LogP contribution in [0.2, 0.25) is 0 Å². The number of methoxy groups -OCH3 is 2. The van der Waals surface area contributed by atoms with Gasteiger partial charge in [-0.15, -0.1) is 0 Å². The Balaban J connectivity index is 1.54. The SMILES string of the molecule is COc1ccc(CNc2ccc(NC(=O)Nc3ccccc3)cn2)cc1OC. The van der Waals surface area contributed by atoms with Gasteiger partial charge in [-0.1, -0.05) is 24.3 Å². The fourth-order valence-electron chi connectivity index (χ4n) is 2.57. The van der Waals surface area contributed by atoms with Gasteiger partial charge >= 0.3 is 6.03 Å². The molecule has 0 radical (unpaired) electrons. The van der Waals surface area contributed by atoms with Crippen molar-refractivity contribution in [3.63, 3.8) is 0 Å². The Morgan fingerprint density at radius 3 is 2.32 bits per heavy atom. The second kappa shape index (κ2) is 9.27. The van der Waals surface area contributed by atoms with Gasteiger partial charge in [-0.2, -0.15) is 0 Å². The lowest BCUT2D eigenvalue weighted by atomic mass is 10.2. The third kappa shape index (κ3) is 5.14. The lowest BCUT2D eigenvalue weighted by Crippen LogP contribution is -2.19. The van der Waals surface area contributed by atoms with Gasteiger partial charge in [0.25, 0.3) is 0 Å². The summed E-state index contributed by atoms with van der Waals surface area (Å²) in [7, 11) is 3.21. The number of para-hydroxylation sites is 1. The zero-order valence-corrected chi connectivity index (χ0v) is 15.7. The summed E-state index contributed by atoms with van der Waals surface area (Å²) < 4.78 is 10.5. The number of hydrogen-bond donors (Lipinski definition) is 3. The van der Waals surface area contributed by atoms with Crippen LogP contribution in [0.4, 0.5) is 22.0 Å². The molecular formula is C21H22N4O3. The van der Waals surface area contributed by atoms with Crippen LogP contribution < -0.4 is 25.4 Å². The zero-order chi connectivity index (χ0) is 19.8. The first-order valence-corrected chi connectivity index (χ1v) is 8.72. The highest BCUT2D eigenvalue weighted by atomic mass is 16.5. The van der Waals surface area contributed by atoms with Crippen LogP contribution in [-0.4, -0.2) is 25.2 Å². The third-order valence-corrected chi connectivity index (χ3v) is 3.97. The number of nitrogens with one attached hydrogen (secondary N) is 3. The standard InChI is InChI=1S/C21H22N4O3/c1-27-18-10-8-15(12-19(18)28-2)13-22-20-11-9-17(14-23-20)25-21(26)24-16-6-4-3-5-7-16/h3-12,14H,13H2,1-2H3,(H,22,23)(H2,24,25,26). The topological polar surface area (TPSA) is 84.5 Å². The van der Waals surface area contributed by atoms with Gasteiger partial charge in [0.15, 0.2) is 11.5 Å². The average Bonchev–Trinajstić information content (AvgIpc) is 2.73. The Labute approximate surface area is 163 Å². The minimum absolute atomic E-state index is 0.320. The lowest BCUT2D eigenvalue weighted by molar-refractivity contribution is 0.262. The summed E-state index contributed by atoms with van der Waals surface area (Å²) in [5, 5.41) is 8.74. The predicted octanol–water partition coefficient (Wildman–Crippen LogP) is 4.35. The van der Waals surface area contributed by atoms with E-state index in [-0.39, 0.29) is 6.03 Å². The molecule has 7 nitrogen and oxygen atoms in total. The monoisotopic (exact) mass is 378 g/mol. The summed E-state index contributed by atoms with van der Waals surface area (Å²) in [5.74, 6) is 2.07. The van der Waals surface area contributed by atoms with E-state index in [2.05, 4.69) is 20.9 Å². The highest BCUT2D eigenvalue weighted by Gasteiger charge is 2.06. The number of benzene rings is 2. The van der Waals surface area contributed by atoms with Crippen LogP contribution >= 0.6 is 0 Å². The van der Waals surface area contributed by atoms with E-state index in [4.69, 9.17) is 9.47 Å². The van der Waals surface area contributed by atoms with Crippen LogP contribution in [0, 0.1) is 0 Å². The molecule has 144 valence electrons. The molecule has 7 heteroatoms. The van der Waals surface area contributed by atoms with Gasteiger partial charge in [-0.25, -0.2) is 9.78 Å². The average molecular weight is 378 g/mol. The Morgan fingerprint density at radius 1 is 0.893 bits per heavy atom. The number of carbonyl (C=O) groups is 1. The molecule has 1 aromatic heterocycles. The molecule has 0 aliphatic rings. The van der Waals surface area contributed by atoms with E-state index in [9.17, 15) is 4.79 Å². The van der Waals surface area contributed by atoms with E-state index in [1.54, 1.807) is 32.5 Å². The van der Waals surface area contributed by atoms with E-state index in [0.29, 0.717) is 29.5 Å². The van der Waals surface area contributed by atoms with Crippen LogP contribution in [0.15, 0.2) is 66.9 Å². The van der Waals surface area contributed by atoms with Crippen LogP contribution in [0.3, 0.4) is 0 Å². The van der Waals surface area contributed by atoms with Gasteiger partial charge < -0.3 is 25.4 Å². The number of rotatable bonds is 7. The van der Waals surface area contributed by atoms with Crippen molar-refractivity contribution in [3.05, 3.63) is 72.4 Å². The van der Waals surface area contributed by atoms with E-state index < -0.39 is 0 Å². The van der Waals surface area contributed by atoms with Gasteiger partial charge in [0, 0.05) is 12.2 Å². The lowest BCUT2D eigenvalue weighted by Gasteiger charge is -2.11. The molecule has 3 rings (SSSR count). The number of carbonyl (C=O) groups excluding carboxylic acids is 1. The fraction of sp³-hybridized carbons (Fsp3) is 0.143. The van der Waals surface area contributed by atoms with Crippen molar-refractivity contribution in [2.75, 3.05) is 30.2 Å². The minimum atomic E-state index is -0.320. The van der Waals surface area contributed by atoms with E-state index in [0.717, 1.165) is 11.3 Å². The van der Waals surface area contributed by atoms with Gasteiger partial charge in [-0.05, 0) is 42.0 Å². The molecular weight excluding hydrogens is 356 g/mol. The number of anilines is 3. The van der Waals surface area contributed by atoms with Crippen molar-refractivity contribution < 1.29 is 14.3 Å². The maximum absolute atomic E-state index is 12.0. The van der Waals surface area contributed by atoms with Crippen molar-refractivity contribution in [2.45, 2.75) is 6.54 Å². The van der Waals surface area contributed by atoms with Crippen molar-refractivity contribution in [1.82, 2.24) is 4.98 Å². The molecule has 2 amide bonds. The number of pyridine rings is 1. The number of amides is 2. The van der Waals surface area contributed by atoms with Gasteiger partial charge in [0.05, 0.1) is 26.1 Å². The summed E-state index contributed by atoms with van der Waals surface area (Å²) >= 11 is 0. The molecule has 0 atom stereocenters. The predicted molar refractivity (Wildman–Crippen MR) is 110 cm³/mol. The van der Waals surface area contributed by atoms with Crippen LogP contribution in [0.1, 0.15) is 5.56 Å². The molecule has 0 aliphatic carbocycles. The van der Waals surface area contributed by atoms with E-state index >= 15 is 0 Å². The largest absolute Gasteiger partial charge is 0.493 e. The number of hydrogen-bond acceptors (Lipinski definition) is 5. The number of ether oxygens (including phenoxy) is 2. The molecule has 0 bridgehead atoms. The van der Waals surface area contributed by atoms with Crippen molar-refractivity contribution >= 4 is 23.2 Å². The maximum Gasteiger partial charge on any atom is 0.323 e. The molecule has 3 N–H and O–H groups in total. The molecule has 3 aromatic rings. The zero-order valence-electron chi connectivity index (χ0n) is 15.7. The van der Waals surface area contributed by atoms with Crippen molar-refractivity contribution in [3.8, 4) is 11.5 Å². The number of aromatic nitrogens is 1. The third-order valence-electron chi connectivity index (χ3n) is 3.97. The molecule has 0 saturated carbocycles. The molecule has 0 unspecified atom stereocenters. The summed E-state index contributed by atoms with van der Waals surface area (Å²) in [6.07, 6.45) is 1.60. The van der Waals surface area contributed by atoms with E-state index in [1.807, 2.05) is 48.5 Å². The van der Waals surface area contributed by atoms with Crippen LogP contribution in [-0.2, 0) is 6.54 Å². The minimum Gasteiger partial charge on any atom is -0.493 e. The first kappa shape index (κ1) is 19.0. The molecule has 1 heterocycles. The molecule has 0 fully saturated rings. The summed E-state index contributed by atoms with van der Waals surface area (Å²) in [6, 6.07) is 18.2. The first-order chi connectivity index (χ1) is 13.7. The van der Waals surface area contributed by atoms with Gasteiger partial charge in [-0.3, -0.25) is 0 Å².